The third-order valence-corrected chi connectivity index (χ3v) is 3.95. The van der Waals surface area contributed by atoms with E-state index in [2.05, 4.69) is 5.32 Å². The predicted octanol–water partition coefficient (Wildman–Crippen LogP) is 3.11. The summed E-state index contributed by atoms with van der Waals surface area (Å²) in [7, 11) is 5.10. The summed E-state index contributed by atoms with van der Waals surface area (Å²) in [5.41, 5.74) is 1.94. The lowest BCUT2D eigenvalue weighted by atomic mass is 10.1. The van der Waals surface area contributed by atoms with Crippen molar-refractivity contribution in [2.24, 2.45) is 0 Å². The van der Waals surface area contributed by atoms with Gasteiger partial charge in [0, 0.05) is 23.7 Å². The first-order valence-electron chi connectivity index (χ1n) is 7.93. The largest absolute Gasteiger partial charge is 0.493 e. The summed E-state index contributed by atoms with van der Waals surface area (Å²) >= 11 is 5.95. The van der Waals surface area contributed by atoms with Crippen molar-refractivity contribution in [2.45, 2.75) is 13.1 Å². The highest BCUT2D eigenvalue weighted by atomic mass is 35.5. The summed E-state index contributed by atoms with van der Waals surface area (Å²) in [6.45, 7) is 1.31. The summed E-state index contributed by atoms with van der Waals surface area (Å²) in [6, 6.07) is 13.2. The number of benzene rings is 2. The van der Waals surface area contributed by atoms with Crippen molar-refractivity contribution in [1.82, 2.24) is 10.2 Å². The van der Waals surface area contributed by atoms with Crippen LogP contribution in [0.25, 0.3) is 0 Å². The zero-order valence-corrected chi connectivity index (χ0v) is 15.5. The molecule has 5 nitrogen and oxygen atoms in total. The average Bonchev–Trinajstić information content (AvgIpc) is 2.59. The number of rotatable bonds is 8. The fraction of sp³-hybridized carbons (Fsp3) is 0.316. The summed E-state index contributed by atoms with van der Waals surface area (Å²) in [5, 5.41) is 3.56. The Bertz CT molecular complexity index is 722. The van der Waals surface area contributed by atoms with Gasteiger partial charge in [-0.2, -0.15) is 0 Å². The average molecular weight is 363 g/mol. The summed E-state index contributed by atoms with van der Waals surface area (Å²) < 4.78 is 10.7. The minimum Gasteiger partial charge on any atom is -0.493 e. The summed E-state index contributed by atoms with van der Waals surface area (Å²) in [6.07, 6.45) is 0. The molecule has 0 radical (unpaired) electrons. The van der Waals surface area contributed by atoms with Crippen molar-refractivity contribution in [1.29, 1.82) is 0 Å². The van der Waals surface area contributed by atoms with Gasteiger partial charge < -0.3 is 14.8 Å². The van der Waals surface area contributed by atoms with Crippen LogP contribution in [0.5, 0.6) is 11.5 Å². The molecule has 0 fully saturated rings. The lowest BCUT2D eigenvalue weighted by Crippen LogP contribution is -2.34. The van der Waals surface area contributed by atoms with Gasteiger partial charge in [0.25, 0.3) is 0 Å². The maximum atomic E-state index is 12.1. The molecule has 0 aromatic heterocycles. The SMILES string of the molecule is COc1cccc(CN(C)CC(=O)NCc2cccc(Cl)c2)c1OC. The van der Waals surface area contributed by atoms with Gasteiger partial charge in [-0.05, 0) is 30.8 Å². The van der Waals surface area contributed by atoms with Gasteiger partial charge in [0.05, 0.1) is 20.8 Å². The molecule has 0 saturated heterocycles. The first kappa shape index (κ1) is 19.1. The number of para-hydroxylation sites is 1. The normalized spacial score (nSPS) is 10.6. The fourth-order valence-corrected chi connectivity index (χ4v) is 2.79. The van der Waals surface area contributed by atoms with Gasteiger partial charge >= 0.3 is 0 Å². The minimum absolute atomic E-state index is 0.0515. The van der Waals surface area contributed by atoms with Crippen molar-refractivity contribution >= 4 is 17.5 Å². The molecule has 0 aliphatic carbocycles. The molecule has 0 atom stereocenters. The predicted molar refractivity (Wildman–Crippen MR) is 99.2 cm³/mol. The Balaban J connectivity index is 1.89. The van der Waals surface area contributed by atoms with Crippen LogP contribution in [0.2, 0.25) is 5.02 Å². The van der Waals surface area contributed by atoms with E-state index >= 15 is 0 Å². The number of nitrogens with zero attached hydrogens (tertiary/aromatic N) is 1. The maximum absolute atomic E-state index is 12.1. The van der Waals surface area contributed by atoms with Gasteiger partial charge in [-0.1, -0.05) is 35.9 Å². The highest BCUT2D eigenvalue weighted by molar-refractivity contribution is 6.30. The van der Waals surface area contributed by atoms with E-state index in [-0.39, 0.29) is 12.5 Å². The summed E-state index contributed by atoms with van der Waals surface area (Å²) in [5.74, 6) is 1.32. The molecule has 2 rings (SSSR count). The quantitative estimate of drug-likeness (QED) is 0.784. The van der Waals surface area contributed by atoms with Gasteiger partial charge in [0.15, 0.2) is 11.5 Å². The van der Waals surface area contributed by atoms with Gasteiger partial charge in [0.1, 0.15) is 0 Å². The molecule has 1 amide bonds. The van der Waals surface area contributed by atoms with Crippen LogP contribution in [-0.2, 0) is 17.9 Å². The topological polar surface area (TPSA) is 50.8 Å². The van der Waals surface area contributed by atoms with E-state index in [1.165, 1.54) is 0 Å². The maximum Gasteiger partial charge on any atom is 0.234 e. The van der Waals surface area contributed by atoms with Crippen molar-refractivity contribution in [2.75, 3.05) is 27.8 Å². The second-order valence-electron chi connectivity index (χ2n) is 5.73. The molecule has 0 saturated carbocycles. The number of hydrogen-bond acceptors (Lipinski definition) is 4. The van der Waals surface area contributed by atoms with Crippen LogP contribution in [0.15, 0.2) is 42.5 Å². The minimum atomic E-state index is -0.0515. The molecule has 1 N–H and O–H groups in total. The van der Waals surface area contributed by atoms with Crippen LogP contribution in [0.4, 0.5) is 0 Å². The van der Waals surface area contributed by atoms with E-state index in [1.807, 2.05) is 54.4 Å². The van der Waals surface area contributed by atoms with Gasteiger partial charge in [-0.15, -0.1) is 0 Å². The molecule has 0 aliphatic rings. The standard InChI is InChI=1S/C19H23ClN2O3/c1-22(12-15-7-5-9-17(24-2)19(15)25-3)13-18(23)21-11-14-6-4-8-16(20)10-14/h4-10H,11-13H2,1-3H3,(H,21,23). The molecule has 0 spiro atoms. The number of nitrogens with one attached hydrogen (secondary N) is 1. The lowest BCUT2D eigenvalue weighted by molar-refractivity contribution is -0.122. The Labute approximate surface area is 153 Å². The summed E-state index contributed by atoms with van der Waals surface area (Å²) in [4.78, 5) is 14.1. The number of carbonyl (C=O) groups is 1. The van der Waals surface area contributed by atoms with Gasteiger partial charge in [-0.25, -0.2) is 0 Å². The number of carbonyl (C=O) groups excluding carboxylic acids is 1. The third-order valence-electron chi connectivity index (χ3n) is 3.72. The molecule has 0 bridgehead atoms. The van der Waals surface area contributed by atoms with Gasteiger partial charge in [-0.3, -0.25) is 9.69 Å². The van der Waals surface area contributed by atoms with Crippen LogP contribution in [0, 0.1) is 0 Å². The molecule has 6 heteroatoms. The van der Waals surface area contributed by atoms with Crippen LogP contribution >= 0.6 is 11.6 Å². The van der Waals surface area contributed by atoms with Crippen LogP contribution in [0.3, 0.4) is 0 Å². The van der Waals surface area contributed by atoms with E-state index in [1.54, 1.807) is 14.2 Å². The van der Waals surface area contributed by atoms with Crippen LogP contribution in [0.1, 0.15) is 11.1 Å². The highest BCUT2D eigenvalue weighted by Gasteiger charge is 2.13. The lowest BCUT2D eigenvalue weighted by Gasteiger charge is -2.19. The molecule has 25 heavy (non-hydrogen) atoms. The van der Waals surface area contributed by atoms with Crippen molar-refractivity contribution < 1.29 is 14.3 Å². The van der Waals surface area contributed by atoms with E-state index in [9.17, 15) is 4.79 Å². The molecule has 0 aliphatic heterocycles. The first-order valence-corrected chi connectivity index (χ1v) is 8.31. The molecule has 0 heterocycles. The highest BCUT2D eigenvalue weighted by Crippen LogP contribution is 2.31. The van der Waals surface area contributed by atoms with E-state index in [0.717, 1.165) is 11.1 Å². The molecular formula is C19H23ClN2O3. The molecular weight excluding hydrogens is 340 g/mol. The number of amides is 1. The number of ether oxygens (including phenoxy) is 2. The number of halogens is 1. The monoisotopic (exact) mass is 362 g/mol. The Morgan fingerprint density at radius 3 is 2.60 bits per heavy atom. The van der Waals surface area contributed by atoms with Crippen molar-refractivity contribution in [3.63, 3.8) is 0 Å². The fourth-order valence-electron chi connectivity index (χ4n) is 2.57. The molecule has 2 aromatic carbocycles. The van der Waals surface area contributed by atoms with Crippen LogP contribution in [-0.4, -0.2) is 38.6 Å². The smallest absolute Gasteiger partial charge is 0.234 e. The molecule has 134 valence electrons. The number of likely N-dealkylation sites (N-methyl/N-ethyl adjacent to an activating group) is 1. The Kier molecular flexibility index (Phi) is 7.10. The third kappa shape index (κ3) is 5.66. The first-order chi connectivity index (χ1) is 12.0. The molecule has 2 aromatic rings. The number of methoxy groups -OCH3 is 2. The second kappa shape index (κ2) is 9.30. The zero-order chi connectivity index (χ0) is 18.2. The Morgan fingerprint density at radius 1 is 1.16 bits per heavy atom. The van der Waals surface area contributed by atoms with E-state index in [0.29, 0.717) is 29.6 Å². The van der Waals surface area contributed by atoms with E-state index < -0.39 is 0 Å². The Hall–Kier alpha value is -2.24. The Morgan fingerprint density at radius 2 is 1.92 bits per heavy atom. The second-order valence-corrected chi connectivity index (χ2v) is 6.17. The van der Waals surface area contributed by atoms with Crippen molar-refractivity contribution in [3.8, 4) is 11.5 Å². The number of hydrogen-bond donors (Lipinski definition) is 1. The zero-order valence-electron chi connectivity index (χ0n) is 14.7. The van der Waals surface area contributed by atoms with E-state index in [4.69, 9.17) is 21.1 Å². The van der Waals surface area contributed by atoms with Crippen LogP contribution < -0.4 is 14.8 Å². The van der Waals surface area contributed by atoms with Crippen molar-refractivity contribution in [3.05, 3.63) is 58.6 Å². The molecule has 0 unspecified atom stereocenters. The van der Waals surface area contributed by atoms with Gasteiger partial charge in [0.2, 0.25) is 5.91 Å².